The Bertz CT molecular complexity index is 551. The smallest absolute Gasteiger partial charge is 0.271 e. The number of rotatable bonds is 3. The topological polar surface area (TPSA) is 54.6 Å². The molecule has 0 atom stereocenters. The van der Waals surface area contributed by atoms with E-state index in [0.717, 1.165) is 16.7 Å². The molecule has 1 N–H and O–H groups in total. The van der Waals surface area contributed by atoms with E-state index in [1.165, 1.54) is 6.21 Å². The molecule has 4 nitrogen and oxygen atoms in total. The van der Waals surface area contributed by atoms with Gasteiger partial charge in [0.2, 0.25) is 0 Å². The summed E-state index contributed by atoms with van der Waals surface area (Å²) in [6, 6.07) is 7.43. The summed E-state index contributed by atoms with van der Waals surface area (Å²) in [5.74, 6) is -0.221. The van der Waals surface area contributed by atoms with Gasteiger partial charge in [-0.3, -0.25) is 4.79 Å². The lowest BCUT2D eigenvalue weighted by molar-refractivity contribution is 0.0955. The molecular formula is C14H14N2O2. The van der Waals surface area contributed by atoms with Gasteiger partial charge in [-0.1, -0.05) is 17.2 Å². The summed E-state index contributed by atoms with van der Waals surface area (Å²) >= 11 is 0. The molecule has 1 amide bonds. The lowest BCUT2D eigenvalue weighted by atomic mass is 10.1. The first-order valence-electron chi connectivity index (χ1n) is 5.59. The third kappa shape index (κ3) is 3.07. The zero-order valence-corrected chi connectivity index (χ0v) is 10.3. The van der Waals surface area contributed by atoms with E-state index in [0.29, 0.717) is 5.56 Å². The molecule has 0 unspecified atom stereocenters. The lowest BCUT2D eigenvalue weighted by Crippen LogP contribution is -2.17. The van der Waals surface area contributed by atoms with Crippen LogP contribution < -0.4 is 5.43 Å². The van der Waals surface area contributed by atoms with E-state index in [-0.39, 0.29) is 5.91 Å². The largest absolute Gasteiger partial charge is 0.472 e. The third-order valence-electron chi connectivity index (χ3n) is 2.41. The summed E-state index contributed by atoms with van der Waals surface area (Å²) in [4.78, 5) is 11.8. The minimum absolute atomic E-state index is 0.221. The van der Waals surface area contributed by atoms with E-state index in [1.54, 1.807) is 18.6 Å². The minimum Gasteiger partial charge on any atom is -0.472 e. The number of hydrogen-bond donors (Lipinski definition) is 1. The van der Waals surface area contributed by atoms with Crippen molar-refractivity contribution in [3.8, 4) is 0 Å². The fraction of sp³-hybridized carbons (Fsp3) is 0.143. The number of amides is 1. The number of nitrogens with zero attached hydrogens (tertiary/aromatic N) is 1. The zero-order chi connectivity index (χ0) is 13.0. The van der Waals surface area contributed by atoms with Gasteiger partial charge in [0, 0.05) is 11.1 Å². The van der Waals surface area contributed by atoms with E-state index in [2.05, 4.69) is 10.5 Å². The second-order valence-electron chi connectivity index (χ2n) is 4.13. The van der Waals surface area contributed by atoms with E-state index >= 15 is 0 Å². The predicted octanol–water partition coefficient (Wildman–Crippen LogP) is 2.66. The van der Waals surface area contributed by atoms with Crippen molar-refractivity contribution in [1.82, 2.24) is 5.43 Å². The molecule has 1 heterocycles. The molecule has 4 heteroatoms. The Balaban J connectivity index is 2.03. The SMILES string of the molecule is Cc1cc(C)cc(C(=O)N/N=C\c2ccoc2)c1. The summed E-state index contributed by atoms with van der Waals surface area (Å²) in [7, 11) is 0. The number of aryl methyl sites for hydroxylation is 2. The highest BCUT2D eigenvalue weighted by atomic mass is 16.3. The first-order valence-corrected chi connectivity index (χ1v) is 5.59. The Morgan fingerprint density at radius 3 is 2.61 bits per heavy atom. The molecule has 18 heavy (non-hydrogen) atoms. The first-order chi connectivity index (χ1) is 8.65. The molecule has 0 saturated carbocycles. The van der Waals surface area contributed by atoms with Gasteiger partial charge in [-0.15, -0.1) is 0 Å². The maximum atomic E-state index is 11.8. The molecule has 0 aliphatic carbocycles. The van der Waals surface area contributed by atoms with Crippen molar-refractivity contribution < 1.29 is 9.21 Å². The van der Waals surface area contributed by atoms with Gasteiger partial charge in [0.15, 0.2) is 0 Å². The Morgan fingerprint density at radius 2 is 2.00 bits per heavy atom. The summed E-state index contributed by atoms with van der Waals surface area (Å²) in [6.07, 6.45) is 4.63. The van der Waals surface area contributed by atoms with E-state index < -0.39 is 0 Å². The molecule has 0 bridgehead atoms. The Kier molecular flexibility index (Phi) is 3.57. The number of benzene rings is 1. The Hall–Kier alpha value is -2.36. The Labute approximate surface area is 105 Å². The fourth-order valence-corrected chi connectivity index (χ4v) is 1.68. The van der Waals surface area contributed by atoms with Crippen LogP contribution in [-0.2, 0) is 0 Å². The van der Waals surface area contributed by atoms with Gasteiger partial charge in [-0.2, -0.15) is 5.10 Å². The number of furan rings is 1. The van der Waals surface area contributed by atoms with Crippen molar-refractivity contribution in [2.75, 3.05) is 0 Å². The molecule has 0 aliphatic heterocycles. The molecule has 2 aromatic rings. The number of carbonyl (C=O) groups is 1. The van der Waals surface area contributed by atoms with Gasteiger partial charge in [-0.25, -0.2) is 5.43 Å². The van der Waals surface area contributed by atoms with Gasteiger partial charge in [0.1, 0.15) is 0 Å². The third-order valence-corrected chi connectivity index (χ3v) is 2.41. The number of hydrazone groups is 1. The van der Waals surface area contributed by atoms with Crippen LogP contribution in [0.2, 0.25) is 0 Å². The number of nitrogens with one attached hydrogen (secondary N) is 1. The molecular weight excluding hydrogens is 228 g/mol. The molecule has 1 aromatic carbocycles. The van der Waals surface area contributed by atoms with Gasteiger partial charge >= 0.3 is 0 Å². The highest BCUT2D eigenvalue weighted by Crippen LogP contribution is 2.08. The quantitative estimate of drug-likeness (QED) is 0.664. The maximum absolute atomic E-state index is 11.8. The molecule has 1 aromatic heterocycles. The normalized spacial score (nSPS) is 10.8. The zero-order valence-electron chi connectivity index (χ0n) is 10.3. The highest BCUT2D eigenvalue weighted by Gasteiger charge is 2.05. The molecule has 0 spiro atoms. The van der Waals surface area contributed by atoms with Crippen molar-refractivity contribution in [3.05, 3.63) is 59.0 Å². The molecule has 0 fully saturated rings. The second kappa shape index (κ2) is 5.31. The van der Waals surface area contributed by atoms with Crippen LogP contribution in [-0.4, -0.2) is 12.1 Å². The lowest BCUT2D eigenvalue weighted by Gasteiger charge is -2.03. The molecule has 2 rings (SSSR count). The minimum atomic E-state index is -0.221. The average Bonchev–Trinajstić information content (AvgIpc) is 2.80. The molecule has 0 saturated heterocycles. The van der Waals surface area contributed by atoms with Crippen LogP contribution >= 0.6 is 0 Å². The monoisotopic (exact) mass is 242 g/mol. The second-order valence-corrected chi connectivity index (χ2v) is 4.13. The molecule has 92 valence electrons. The van der Waals surface area contributed by atoms with Crippen LogP contribution in [0.3, 0.4) is 0 Å². The van der Waals surface area contributed by atoms with Crippen molar-refractivity contribution in [2.24, 2.45) is 5.10 Å². The van der Waals surface area contributed by atoms with Crippen LogP contribution in [0.4, 0.5) is 0 Å². The standard InChI is InChI=1S/C14H14N2O2/c1-10-5-11(2)7-13(6-10)14(17)16-15-8-12-3-4-18-9-12/h3-9H,1-2H3,(H,16,17)/b15-8-. The van der Waals surface area contributed by atoms with Crippen LogP contribution in [0.5, 0.6) is 0 Å². The van der Waals surface area contributed by atoms with Crippen molar-refractivity contribution in [1.29, 1.82) is 0 Å². The average molecular weight is 242 g/mol. The summed E-state index contributed by atoms with van der Waals surface area (Å²) in [5.41, 5.74) is 6.00. The fourth-order valence-electron chi connectivity index (χ4n) is 1.68. The van der Waals surface area contributed by atoms with Gasteiger partial charge in [0.05, 0.1) is 18.7 Å². The number of hydrogen-bond acceptors (Lipinski definition) is 3. The van der Waals surface area contributed by atoms with Crippen LogP contribution in [0.1, 0.15) is 27.0 Å². The van der Waals surface area contributed by atoms with Crippen molar-refractivity contribution in [3.63, 3.8) is 0 Å². The highest BCUT2D eigenvalue weighted by molar-refractivity contribution is 5.95. The van der Waals surface area contributed by atoms with Gasteiger partial charge in [0.25, 0.3) is 5.91 Å². The van der Waals surface area contributed by atoms with E-state index in [1.807, 2.05) is 32.0 Å². The van der Waals surface area contributed by atoms with Gasteiger partial charge < -0.3 is 4.42 Å². The summed E-state index contributed by atoms with van der Waals surface area (Å²) in [6.45, 7) is 3.91. The van der Waals surface area contributed by atoms with E-state index in [9.17, 15) is 4.79 Å². The predicted molar refractivity (Wildman–Crippen MR) is 69.7 cm³/mol. The van der Waals surface area contributed by atoms with Crippen LogP contribution in [0.15, 0.2) is 46.3 Å². The molecule has 0 radical (unpaired) electrons. The summed E-state index contributed by atoms with van der Waals surface area (Å²) in [5, 5.41) is 3.86. The first kappa shape index (κ1) is 12.1. The number of carbonyl (C=O) groups excluding carboxylic acids is 1. The maximum Gasteiger partial charge on any atom is 0.271 e. The van der Waals surface area contributed by atoms with Gasteiger partial charge in [-0.05, 0) is 32.0 Å². The van der Waals surface area contributed by atoms with Crippen molar-refractivity contribution in [2.45, 2.75) is 13.8 Å². The summed E-state index contributed by atoms with van der Waals surface area (Å²) < 4.78 is 4.88. The van der Waals surface area contributed by atoms with Crippen molar-refractivity contribution >= 4 is 12.1 Å². The van der Waals surface area contributed by atoms with Crippen LogP contribution in [0, 0.1) is 13.8 Å². The Morgan fingerprint density at radius 1 is 1.28 bits per heavy atom. The van der Waals surface area contributed by atoms with E-state index in [4.69, 9.17) is 4.42 Å². The van der Waals surface area contributed by atoms with Crippen LogP contribution in [0.25, 0.3) is 0 Å². The molecule has 0 aliphatic rings.